The highest BCUT2D eigenvalue weighted by Gasteiger charge is 1.97. The summed E-state index contributed by atoms with van der Waals surface area (Å²) in [6, 6.07) is 7.58. The Morgan fingerprint density at radius 2 is 1.38 bits per heavy atom. The second-order valence-corrected chi connectivity index (χ2v) is 4.79. The first-order chi connectivity index (χ1) is 11.5. The van der Waals surface area contributed by atoms with E-state index in [1.54, 1.807) is 6.92 Å². The van der Waals surface area contributed by atoms with E-state index in [1.807, 2.05) is 53.2 Å². The average molecular weight is 334 g/mol. The van der Waals surface area contributed by atoms with Gasteiger partial charge in [-0.2, -0.15) is 0 Å². The van der Waals surface area contributed by atoms with Crippen LogP contribution in [0.2, 0.25) is 0 Å². The van der Waals surface area contributed by atoms with E-state index >= 15 is 0 Å². The van der Waals surface area contributed by atoms with Gasteiger partial charge in [-0.3, -0.25) is 4.98 Å². The van der Waals surface area contributed by atoms with Gasteiger partial charge in [0.15, 0.2) is 0 Å². The zero-order chi connectivity index (χ0) is 18.7. The molecule has 0 aliphatic heterocycles. The van der Waals surface area contributed by atoms with Crippen molar-refractivity contribution in [2.75, 3.05) is 0 Å². The zero-order valence-electron chi connectivity index (χ0n) is 15.7. The number of pyridine rings is 1. The molecule has 0 amide bonds. The minimum absolute atomic E-state index is 0.521. The van der Waals surface area contributed by atoms with Crippen molar-refractivity contribution < 1.29 is 8.78 Å². The number of nitrogens with zero attached hydrogens (tertiary/aromatic N) is 2. The van der Waals surface area contributed by atoms with Crippen molar-refractivity contribution in [2.45, 2.75) is 41.5 Å². The molecule has 24 heavy (non-hydrogen) atoms. The van der Waals surface area contributed by atoms with E-state index in [9.17, 15) is 8.78 Å². The smallest absolute Gasteiger partial charge is 0.126 e. The van der Waals surface area contributed by atoms with Crippen molar-refractivity contribution in [2.24, 2.45) is 7.05 Å². The number of hydrogen-bond donors (Lipinski definition) is 0. The molecular weight excluding hydrogens is 306 g/mol. The fraction of sp³-hybridized carbons (Fsp3) is 0.350. The van der Waals surface area contributed by atoms with Crippen LogP contribution in [0.1, 0.15) is 38.8 Å². The highest BCUT2D eigenvalue weighted by molar-refractivity contribution is 5.75. The van der Waals surface area contributed by atoms with Crippen LogP contribution >= 0.6 is 0 Å². The maximum absolute atomic E-state index is 12.2. The number of halogens is 2. The topological polar surface area (TPSA) is 17.8 Å². The molecule has 0 unspecified atom stereocenters. The van der Waals surface area contributed by atoms with Crippen molar-refractivity contribution in [3.8, 4) is 0 Å². The molecule has 2 nitrogen and oxygen atoms in total. The molecule has 1 aromatic carbocycles. The van der Waals surface area contributed by atoms with Crippen LogP contribution < -0.4 is 0 Å². The van der Waals surface area contributed by atoms with Crippen molar-refractivity contribution in [1.29, 1.82) is 0 Å². The summed E-state index contributed by atoms with van der Waals surface area (Å²) in [5.41, 5.74) is 4.08. The van der Waals surface area contributed by atoms with Crippen LogP contribution in [0.25, 0.3) is 11.0 Å². The maximum atomic E-state index is 12.2. The van der Waals surface area contributed by atoms with Gasteiger partial charge >= 0.3 is 0 Å². The Labute approximate surface area is 144 Å². The van der Waals surface area contributed by atoms with E-state index in [-0.39, 0.29) is 0 Å². The van der Waals surface area contributed by atoms with Crippen molar-refractivity contribution in [3.05, 3.63) is 65.5 Å². The molecule has 0 N–H and O–H groups in total. The summed E-state index contributed by atoms with van der Waals surface area (Å²) in [6.45, 7) is 11.7. The van der Waals surface area contributed by atoms with E-state index < -0.39 is 11.6 Å². The molecular formula is C20H28F2N2. The molecule has 3 rings (SSSR count). The van der Waals surface area contributed by atoms with Gasteiger partial charge in [0.2, 0.25) is 0 Å². The van der Waals surface area contributed by atoms with Crippen LogP contribution in [-0.2, 0) is 7.05 Å². The number of aryl methyl sites for hydroxylation is 3. The number of benzene rings is 1. The lowest BCUT2D eigenvalue weighted by Gasteiger charge is -1.95. The molecule has 0 fully saturated rings. The Morgan fingerprint density at radius 3 is 1.88 bits per heavy atom. The van der Waals surface area contributed by atoms with E-state index in [0.717, 1.165) is 11.6 Å². The third-order valence-electron chi connectivity index (χ3n) is 2.88. The van der Waals surface area contributed by atoms with Gasteiger partial charge in [0.05, 0.1) is 11.0 Å². The second kappa shape index (κ2) is 11.3. The number of hydrogen-bond acceptors (Lipinski definition) is 1. The van der Waals surface area contributed by atoms with Gasteiger partial charge in [0, 0.05) is 25.5 Å². The van der Waals surface area contributed by atoms with Crippen molar-refractivity contribution in [1.82, 2.24) is 9.55 Å². The highest BCUT2D eigenvalue weighted by atomic mass is 19.1. The predicted octanol–water partition coefficient (Wildman–Crippen LogP) is 6.21. The van der Waals surface area contributed by atoms with Gasteiger partial charge in [-0.25, -0.2) is 8.78 Å². The Balaban J connectivity index is 0.000000371. The van der Waals surface area contributed by atoms with Crippen LogP contribution in [0, 0.1) is 25.5 Å². The molecule has 0 aliphatic carbocycles. The summed E-state index contributed by atoms with van der Waals surface area (Å²) in [6.07, 6.45) is 3.92. The van der Waals surface area contributed by atoms with Gasteiger partial charge in [0.25, 0.3) is 0 Å². The third kappa shape index (κ3) is 6.90. The Bertz CT molecular complexity index is 683. The molecule has 132 valence electrons. The Hall–Kier alpha value is -2.23. The molecule has 4 heteroatoms. The van der Waals surface area contributed by atoms with Crippen LogP contribution in [0.3, 0.4) is 0 Å². The third-order valence-corrected chi connectivity index (χ3v) is 2.88. The van der Waals surface area contributed by atoms with Gasteiger partial charge < -0.3 is 4.57 Å². The van der Waals surface area contributed by atoms with Crippen LogP contribution in [0.5, 0.6) is 0 Å². The SMILES string of the molecule is CC.CC.Cc1cc(F)cc(F)c1.Cc1cnc2ccn(C)c2c1. The number of fused-ring (bicyclic) bond motifs is 1. The molecule has 0 bridgehead atoms. The van der Waals surface area contributed by atoms with E-state index in [0.29, 0.717) is 5.56 Å². The molecule has 0 saturated heterocycles. The van der Waals surface area contributed by atoms with E-state index in [4.69, 9.17) is 0 Å². The lowest BCUT2D eigenvalue weighted by molar-refractivity contribution is 0.581. The normalized spacial score (nSPS) is 9.04. The molecule has 0 saturated carbocycles. The summed E-state index contributed by atoms with van der Waals surface area (Å²) in [7, 11) is 2.03. The summed E-state index contributed by atoms with van der Waals surface area (Å²) in [5.74, 6) is -1.04. The molecule has 2 heterocycles. The summed E-state index contributed by atoms with van der Waals surface area (Å²) < 4.78 is 26.5. The monoisotopic (exact) mass is 334 g/mol. The highest BCUT2D eigenvalue weighted by Crippen LogP contribution is 2.12. The van der Waals surface area contributed by atoms with Crippen LogP contribution in [0.4, 0.5) is 8.78 Å². The quantitative estimate of drug-likeness (QED) is 0.478. The van der Waals surface area contributed by atoms with Gasteiger partial charge in [0.1, 0.15) is 11.6 Å². The predicted molar refractivity (Wildman–Crippen MR) is 99.2 cm³/mol. The first-order valence-electron chi connectivity index (χ1n) is 8.26. The van der Waals surface area contributed by atoms with Gasteiger partial charge in [-0.1, -0.05) is 27.7 Å². The molecule has 0 aliphatic rings. The molecule has 0 spiro atoms. The van der Waals surface area contributed by atoms with Crippen LogP contribution in [0.15, 0.2) is 42.7 Å². The first kappa shape index (κ1) is 21.8. The maximum Gasteiger partial charge on any atom is 0.126 e. The fourth-order valence-electron chi connectivity index (χ4n) is 1.93. The van der Waals surface area contributed by atoms with Crippen molar-refractivity contribution in [3.63, 3.8) is 0 Å². The van der Waals surface area contributed by atoms with Crippen LogP contribution in [-0.4, -0.2) is 9.55 Å². The second-order valence-electron chi connectivity index (χ2n) is 4.79. The van der Waals surface area contributed by atoms with Crippen molar-refractivity contribution >= 4 is 11.0 Å². The molecule has 0 atom stereocenters. The van der Waals surface area contributed by atoms with Gasteiger partial charge in [-0.15, -0.1) is 0 Å². The van der Waals surface area contributed by atoms with Gasteiger partial charge in [-0.05, 0) is 49.2 Å². The number of aromatic nitrogens is 2. The molecule has 0 radical (unpaired) electrons. The minimum atomic E-state index is -0.521. The summed E-state index contributed by atoms with van der Waals surface area (Å²) in [4.78, 5) is 4.28. The summed E-state index contributed by atoms with van der Waals surface area (Å²) in [5, 5.41) is 0. The lowest BCUT2D eigenvalue weighted by Crippen LogP contribution is -1.85. The Kier molecular flexibility index (Phi) is 10.3. The minimum Gasteiger partial charge on any atom is -0.349 e. The standard InChI is InChI=1S/C9H10N2.C7H6F2.2C2H6/c1-7-5-9-8(10-6-7)3-4-11(9)2;1-5-2-6(8)4-7(9)3-5;2*1-2/h3-6H,1-2H3;2-4H,1H3;2*1-2H3. The van der Waals surface area contributed by atoms with E-state index in [2.05, 4.69) is 22.5 Å². The average Bonchev–Trinajstić information content (AvgIpc) is 2.91. The largest absolute Gasteiger partial charge is 0.349 e. The first-order valence-corrected chi connectivity index (χ1v) is 8.26. The molecule has 2 aromatic heterocycles. The van der Waals surface area contributed by atoms with E-state index in [1.165, 1.54) is 23.2 Å². The number of rotatable bonds is 0. The fourth-order valence-corrected chi connectivity index (χ4v) is 1.93. The molecule has 3 aromatic rings. The zero-order valence-corrected chi connectivity index (χ0v) is 15.7. The Morgan fingerprint density at radius 1 is 0.833 bits per heavy atom. The lowest BCUT2D eigenvalue weighted by atomic mass is 10.2. The summed E-state index contributed by atoms with van der Waals surface area (Å²) >= 11 is 0.